The van der Waals surface area contributed by atoms with Crippen LogP contribution in [0.2, 0.25) is 0 Å². The molecule has 0 aliphatic carbocycles. The molecule has 1 rings (SSSR count). The second kappa shape index (κ2) is 7.39. The number of hydrogen-bond acceptors (Lipinski definition) is 2. The Morgan fingerprint density at radius 1 is 1.25 bits per heavy atom. The van der Waals surface area contributed by atoms with E-state index in [2.05, 4.69) is 18.8 Å². The Balaban J connectivity index is 2.45. The first-order valence-electron chi connectivity index (χ1n) is 6.35. The Morgan fingerprint density at radius 3 is 2.50 bits per heavy atom. The number of pyridine rings is 1. The maximum absolute atomic E-state index is 10.1. The third-order valence-electron chi connectivity index (χ3n) is 3.19. The van der Waals surface area contributed by atoms with Gasteiger partial charge < -0.3 is 5.11 Å². The Kier molecular flexibility index (Phi) is 6.09. The predicted octanol–water partition coefficient (Wildman–Crippen LogP) is 3.72. The molecule has 1 aromatic rings. The van der Waals surface area contributed by atoms with Crippen molar-refractivity contribution in [2.24, 2.45) is 5.92 Å². The lowest BCUT2D eigenvalue weighted by atomic mass is 9.91. The van der Waals surface area contributed by atoms with E-state index < -0.39 is 0 Å². The van der Waals surface area contributed by atoms with Crippen molar-refractivity contribution in [3.63, 3.8) is 0 Å². The summed E-state index contributed by atoms with van der Waals surface area (Å²) in [6.07, 6.45) is 8.92. The second-order valence-corrected chi connectivity index (χ2v) is 4.45. The quantitative estimate of drug-likeness (QED) is 0.761. The van der Waals surface area contributed by atoms with Crippen molar-refractivity contribution in [1.82, 2.24) is 4.98 Å². The highest BCUT2D eigenvalue weighted by Crippen LogP contribution is 2.26. The van der Waals surface area contributed by atoms with Crippen LogP contribution in [0.15, 0.2) is 24.5 Å². The topological polar surface area (TPSA) is 33.1 Å². The van der Waals surface area contributed by atoms with Crippen LogP contribution in [0.25, 0.3) is 0 Å². The third-order valence-corrected chi connectivity index (χ3v) is 3.19. The molecule has 0 saturated carbocycles. The molecule has 2 unspecified atom stereocenters. The Hall–Kier alpha value is -0.890. The van der Waals surface area contributed by atoms with E-state index in [0.29, 0.717) is 5.92 Å². The van der Waals surface area contributed by atoms with E-state index in [0.717, 1.165) is 18.4 Å². The van der Waals surface area contributed by atoms with Gasteiger partial charge in [0, 0.05) is 12.4 Å². The SMILES string of the molecule is CCCCC(CC)CC(O)c1ccncc1. The smallest absolute Gasteiger partial charge is 0.0793 e. The highest BCUT2D eigenvalue weighted by molar-refractivity contribution is 5.12. The van der Waals surface area contributed by atoms with Crippen molar-refractivity contribution < 1.29 is 5.11 Å². The lowest BCUT2D eigenvalue weighted by molar-refractivity contribution is 0.139. The standard InChI is InChI=1S/C14H23NO/c1-3-5-6-12(4-2)11-14(16)13-7-9-15-10-8-13/h7-10,12,14,16H,3-6,11H2,1-2H3. The lowest BCUT2D eigenvalue weighted by Gasteiger charge is -2.18. The number of aliphatic hydroxyl groups is 1. The monoisotopic (exact) mass is 221 g/mol. The van der Waals surface area contributed by atoms with Gasteiger partial charge in [-0.1, -0.05) is 39.5 Å². The number of aromatic nitrogens is 1. The molecule has 2 nitrogen and oxygen atoms in total. The fourth-order valence-electron chi connectivity index (χ4n) is 2.02. The number of hydrogen-bond donors (Lipinski definition) is 1. The maximum atomic E-state index is 10.1. The minimum Gasteiger partial charge on any atom is -0.388 e. The molecule has 0 spiro atoms. The Morgan fingerprint density at radius 2 is 1.94 bits per heavy atom. The summed E-state index contributed by atoms with van der Waals surface area (Å²) in [5.41, 5.74) is 0.991. The molecule has 2 atom stereocenters. The molecule has 0 saturated heterocycles. The third kappa shape index (κ3) is 4.31. The summed E-state index contributed by atoms with van der Waals surface area (Å²) in [7, 11) is 0. The van der Waals surface area contributed by atoms with Gasteiger partial charge in [0.15, 0.2) is 0 Å². The normalized spacial score (nSPS) is 14.7. The predicted molar refractivity (Wildman–Crippen MR) is 67.1 cm³/mol. The molecule has 0 aliphatic heterocycles. The molecule has 16 heavy (non-hydrogen) atoms. The average Bonchev–Trinajstić information content (AvgIpc) is 2.35. The van der Waals surface area contributed by atoms with Crippen LogP contribution in [0.5, 0.6) is 0 Å². The van der Waals surface area contributed by atoms with Gasteiger partial charge in [-0.25, -0.2) is 0 Å². The molecule has 2 heteroatoms. The molecule has 0 fully saturated rings. The van der Waals surface area contributed by atoms with Gasteiger partial charge in [-0.2, -0.15) is 0 Å². The summed E-state index contributed by atoms with van der Waals surface area (Å²) in [4.78, 5) is 3.97. The highest BCUT2D eigenvalue weighted by atomic mass is 16.3. The van der Waals surface area contributed by atoms with E-state index in [9.17, 15) is 5.11 Å². The molecular weight excluding hydrogens is 198 g/mol. The number of nitrogens with zero attached hydrogens (tertiary/aromatic N) is 1. The molecule has 0 aliphatic rings. The molecule has 1 heterocycles. The Bertz CT molecular complexity index is 273. The summed E-state index contributed by atoms with van der Waals surface area (Å²) < 4.78 is 0. The van der Waals surface area contributed by atoms with E-state index in [1.807, 2.05) is 12.1 Å². The zero-order valence-corrected chi connectivity index (χ0v) is 10.4. The van der Waals surface area contributed by atoms with Crippen LogP contribution < -0.4 is 0 Å². The summed E-state index contributed by atoms with van der Waals surface area (Å²) in [6.45, 7) is 4.42. The van der Waals surface area contributed by atoms with E-state index in [4.69, 9.17) is 0 Å². The molecule has 0 amide bonds. The van der Waals surface area contributed by atoms with Crippen molar-refractivity contribution in [2.75, 3.05) is 0 Å². The molecular formula is C14H23NO. The molecule has 0 bridgehead atoms. The number of unbranched alkanes of at least 4 members (excludes halogenated alkanes) is 1. The van der Waals surface area contributed by atoms with Crippen LogP contribution in [0.4, 0.5) is 0 Å². The van der Waals surface area contributed by atoms with Crippen LogP contribution in [0, 0.1) is 5.92 Å². The van der Waals surface area contributed by atoms with E-state index in [-0.39, 0.29) is 6.10 Å². The highest BCUT2D eigenvalue weighted by Gasteiger charge is 2.13. The zero-order chi connectivity index (χ0) is 11.8. The fraction of sp³-hybridized carbons (Fsp3) is 0.643. The number of aliphatic hydroxyl groups excluding tert-OH is 1. The van der Waals surface area contributed by atoms with Crippen molar-refractivity contribution in [1.29, 1.82) is 0 Å². The average molecular weight is 221 g/mol. The first-order chi connectivity index (χ1) is 7.77. The second-order valence-electron chi connectivity index (χ2n) is 4.45. The van der Waals surface area contributed by atoms with Gasteiger partial charge in [-0.3, -0.25) is 4.98 Å². The van der Waals surface area contributed by atoms with E-state index in [1.165, 1.54) is 19.3 Å². The summed E-state index contributed by atoms with van der Waals surface area (Å²) in [6, 6.07) is 3.80. The summed E-state index contributed by atoms with van der Waals surface area (Å²) in [5, 5.41) is 10.1. The zero-order valence-electron chi connectivity index (χ0n) is 10.4. The van der Waals surface area contributed by atoms with Crippen LogP contribution in [-0.4, -0.2) is 10.1 Å². The van der Waals surface area contributed by atoms with Crippen LogP contribution >= 0.6 is 0 Å². The molecule has 1 N–H and O–H groups in total. The van der Waals surface area contributed by atoms with Crippen molar-refractivity contribution >= 4 is 0 Å². The molecule has 1 aromatic heterocycles. The van der Waals surface area contributed by atoms with Crippen molar-refractivity contribution in [2.45, 2.75) is 52.1 Å². The van der Waals surface area contributed by atoms with Gasteiger partial charge in [0.05, 0.1) is 6.10 Å². The van der Waals surface area contributed by atoms with Gasteiger partial charge in [-0.05, 0) is 30.0 Å². The molecule has 0 radical (unpaired) electrons. The Labute approximate surface area is 98.7 Å². The van der Waals surface area contributed by atoms with Crippen LogP contribution in [0.3, 0.4) is 0 Å². The van der Waals surface area contributed by atoms with Crippen molar-refractivity contribution in [3.8, 4) is 0 Å². The van der Waals surface area contributed by atoms with Gasteiger partial charge >= 0.3 is 0 Å². The maximum Gasteiger partial charge on any atom is 0.0793 e. The minimum atomic E-state index is -0.329. The molecule has 0 aromatic carbocycles. The lowest BCUT2D eigenvalue weighted by Crippen LogP contribution is -2.07. The number of rotatable bonds is 7. The fourth-order valence-corrected chi connectivity index (χ4v) is 2.02. The summed E-state index contributed by atoms with van der Waals surface area (Å²) in [5.74, 6) is 0.642. The first-order valence-corrected chi connectivity index (χ1v) is 6.35. The van der Waals surface area contributed by atoms with E-state index >= 15 is 0 Å². The van der Waals surface area contributed by atoms with Gasteiger partial charge in [0.25, 0.3) is 0 Å². The summed E-state index contributed by atoms with van der Waals surface area (Å²) >= 11 is 0. The first kappa shape index (κ1) is 13.2. The van der Waals surface area contributed by atoms with Gasteiger partial charge in [0.1, 0.15) is 0 Å². The molecule has 90 valence electrons. The van der Waals surface area contributed by atoms with Gasteiger partial charge in [0.2, 0.25) is 0 Å². The largest absolute Gasteiger partial charge is 0.388 e. The van der Waals surface area contributed by atoms with Gasteiger partial charge in [-0.15, -0.1) is 0 Å². The minimum absolute atomic E-state index is 0.329. The van der Waals surface area contributed by atoms with E-state index in [1.54, 1.807) is 12.4 Å². The van der Waals surface area contributed by atoms with Crippen LogP contribution in [0.1, 0.15) is 57.6 Å². The van der Waals surface area contributed by atoms with Crippen LogP contribution in [-0.2, 0) is 0 Å². The van der Waals surface area contributed by atoms with Crippen molar-refractivity contribution in [3.05, 3.63) is 30.1 Å².